The minimum Gasteiger partial charge on any atom is -0.507 e. The van der Waals surface area contributed by atoms with E-state index in [-0.39, 0.29) is 5.76 Å². The van der Waals surface area contributed by atoms with Crippen molar-refractivity contribution in [3.05, 3.63) is 47.8 Å². The van der Waals surface area contributed by atoms with Gasteiger partial charge in [-0.05, 0) is 12.5 Å². The fourth-order valence-corrected chi connectivity index (χ4v) is 0.778. The van der Waals surface area contributed by atoms with Crippen LogP contribution in [-0.2, 0) is 0 Å². The van der Waals surface area contributed by atoms with Gasteiger partial charge in [-0.15, -0.1) is 0 Å². The second kappa shape index (κ2) is 2.56. The van der Waals surface area contributed by atoms with Crippen molar-refractivity contribution in [3.8, 4) is 0 Å². The van der Waals surface area contributed by atoms with Crippen molar-refractivity contribution in [2.24, 2.45) is 0 Å². The smallest absolute Gasteiger partial charge is 0.125 e. The van der Waals surface area contributed by atoms with E-state index in [0.717, 1.165) is 5.57 Å². The summed E-state index contributed by atoms with van der Waals surface area (Å²) < 4.78 is 0. The molecule has 1 aliphatic carbocycles. The van der Waals surface area contributed by atoms with E-state index in [2.05, 4.69) is 6.58 Å². The third kappa shape index (κ3) is 1.18. The predicted molar refractivity (Wildman–Crippen MR) is 42.7 cm³/mol. The first kappa shape index (κ1) is 6.87. The molecule has 0 unspecified atom stereocenters. The lowest BCUT2D eigenvalue weighted by molar-refractivity contribution is 0.421. The van der Waals surface area contributed by atoms with Crippen LogP contribution in [0, 0.1) is 0 Å². The Morgan fingerprint density at radius 3 is 2.30 bits per heavy atom. The highest BCUT2D eigenvalue weighted by molar-refractivity contribution is 5.46. The van der Waals surface area contributed by atoms with Crippen LogP contribution in [0.2, 0.25) is 0 Å². The van der Waals surface area contributed by atoms with Crippen molar-refractivity contribution in [1.82, 2.24) is 0 Å². The molecule has 52 valence electrons. The SMILES string of the molecule is C=C(C)C(O)=C1C=CC=C1. The van der Waals surface area contributed by atoms with E-state index in [1.54, 1.807) is 6.92 Å². The second-order valence-corrected chi connectivity index (χ2v) is 2.30. The van der Waals surface area contributed by atoms with E-state index >= 15 is 0 Å². The molecular weight excluding hydrogens is 124 g/mol. The van der Waals surface area contributed by atoms with Crippen LogP contribution < -0.4 is 0 Å². The topological polar surface area (TPSA) is 20.2 Å². The van der Waals surface area contributed by atoms with Crippen LogP contribution in [0.25, 0.3) is 0 Å². The van der Waals surface area contributed by atoms with Crippen molar-refractivity contribution in [1.29, 1.82) is 0 Å². The zero-order valence-corrected chi connectivity index (χ0v) is 5.96. The molecule has 0 saturated heterocycles. The van der Waals surface area contributed by atoms with Gasteiger partial charge in [0.1, 0.15) is 5.76 Å². The molecule has 0 spiro atoms. The van der Waals surface area contributed by atoms with Gasteiger partial charge in [0.15, 0.2) is 0 Å². The molecule has 0 bridgehead atoms. The van der Waals surface area contributed by atoms with E-state index in [1.165, 1.54) is 0 Å². The summed E-state index contributed by atoms with van der Waals surface area (Å²) in [6.07, 6.45) is 7.47. The van der Waals surface area contributed by atoms with E-state index in [1.807, 2.05) is 24.3 Å². The lowest BCUT2D eigenvalue weighted by Gasteiger charge is -1.98. The van der Waals surface area contributed by atoms with Gasteiger partial charge in [-0.1, -0.05) is 30.9 Å². The van der Waals surface area contributed by atoms with Gasteiger partial charge in [-0.2, -0.15) is 0 Å². The number of allylic oxidation sites excluding steroid dienone is 6. The monoisotopic (exact) mass is 134 g/mol. The Kier molecular flexibility index (Phi) is 1.76. The fourth-order valence-electron chi connectivity index (χ4n) is 0.778. The number of hydrogen-bond acceptors (Lipinski definition) is 1. The summed E-state index contributed by atoms with van der Waals surface area (Å²) in [6, 6.07) is 0. The molecular formula is C9H10O. The van der Waals surface area contributed by atoms with Gasteiger partial charge in [0.2, 0.25) is 0 Å². The van der Waals surface area contributed by atoms with Crippen molar-refractivity contribution >= 4 is 0 Å². The summed E-state index contributed by atoms with van der Waals surface area (Å²) in [4.78, 5) is 0. The van der Waals surface area contributed by atoms with Crippen LogP contribution in [0.3, 0.4) is 0 Å². The van der Waals surface area contributed by atoms with Crippen LogP contribution in [-0.4, -0.2) is 5.11 Å². The summed E-state index contributed by atoms with van der Waals surface area (Å²) in [5.41, 5.74) is 1.54. The highest BCUT2D eigenvalue weighted by Crippen LogP contribution is 2.15. The van der Waals surface area contributed by atoms with Crippen molar-refractivity contribution in [2.75, 3.05) is 0 Å². The van der Waals surface area contributed by atoms with Crippen LogP contribution in [0.5, 0.6) is 0 Å². The molecule has 0 atom stereocenters. The number of aliphatic hydroxyl groups excluding tert-OH is 1. The van der Waals surface area contributed by atoms with Gasteiger partial charge in [-0.25, -0.2) is 0 Å². The van der Waals surface area contributed by atoms with Gasteiger partial charge in [0, 0.05) is 5.57 Å². The third-order valence-electron chi connectivity index (χ3n) is 1.34. The number of aliphatic hydroxyl groups is 1. The van der Waals surface area contributed by atoms with Crippen molar-refractivity contribution in [2.45, 2.75) is 6.92 Å². The molecule has 1 aliphatic rings. The maximum Gasteiger partial charge on any atom is 0.125 e. The Morgan fingerprint density at radius 2 is 1.90 bits per heavy atom. The maximum atomic E-state index is 9.30. The molecule has 1 heteroatoms. The summed E-state index contributed by atoms with van der Waals surface area (Å²) in [7, 11) is 0. The Balaban J connectivity index is 2.96. The molecule has 0 fully saturated rings. The normalized spacial score (nSPS) is 14.3. The average Bonchev–Trinajstić information content (AvgIpc) is 2.36. The van der Waals surface area contributed by atoms with E-state index < -0.39 is 0 Å². The Bertz CT molecular complexity index is 227. The van der Waals surface area contributed by atoms with Crippen molar-refractivity contribution in [3.63, 3.8) is 0 Å². The van der Waals surface area contributed by atoms with Crippen LogP contribution in [0.15, 0.2) is 47.8 Å². The molecule has 1 nitrogen and oxygen atoms in total. The molecule has 0 saturated carbocycles. The molecule has 0 aliphatic heterocycles. The Morgan fingerprint density at radius 1 is 1.40 bits per heavy atom. The predicted octanol–water partition coefficient (Wildman–Crippen LogP) is 2.50. The van der Waals surface area contributed by atoms with E-state index in [4.69, 9.17) is 0 Å². The third-order valence-corrected chi connectivity index (χ3v) is 1.34. The highest BCUT2D eigenvalue weighted by Gasteiger charge is 2.00. The summed E-state index contributed by atoms with van der Waals surface area (Å²) in [5.74, 6) is 0.282. The van der Waals surface area contributed by atoms with E-state index in [0.29, 0.717) is 5.57 Å². The second-order valence-electron chi connectivity index (χ2n) is 2.30. The Labute approximate surface area is 60.7 Å². The quantitative estimate of drug-likeness (QED) is 0.546. The zero-order chi connectivity index (χ0) is 7.56. The number of hydrogen-bond donors (Lipinski definition) is 1. The largest absolute Gasteiger partial charge is 0.507 e. The maximum absolute atomic E-state index is 9.30. The molecule has 0 amide bonds. The molecule has 0 aromatic carbocycles. The first-order valence-corrected chi connectivity index (χ1v) is 3.15. The van der Waals surface area contributed by atoms with Gasteiger partial charge in [0.25, 0.3) is 0 Å². The molecule has 0 heterocycles. The van der Waals surface area contributed by atoms with Gasteiger partial charge in [-0.3, -0.25) is 0 Å². The average molecular weight is 134 g/mol. The van der Waals surface area contributed by atoms with Gasteiger partial charge < -0.3 is 5.11 Å². The lowest BCUT2D eigenvalue weighted by Crippen LogP contribution is -1.84. The van der Waals surface area contributed by atoms with Gasteiger partial charge in [0.05, 0.1) is 0 Å². The highest BCUT2D eigenvalue weighted by atomic mass is 16.3. The lowest BCUT2D eigenvalue weighted by atomic mass is 10.2. The minimum absolute atomic E-state index is 0.282. The first-order valence-electron chi connectivity index (χ1n) is 3.15. The fraction of sp³-hybridized carbons (Fsp3) is 0.111. The van der Waals surface area contributed by atoms with E-state index in [9.17, 15) is 5.11 Å². The van der Waals surface area contributed by atoms with Crippen LogP contribution >= 0.6 is 0 Å². The standard InChI is InChI=1S/C9H10O/c1-7(2)9(10)8-5-3-4-6-8/h3-6,10H,1H2,2H3. The molecule has 10 heavy (non-hydrogen) atoms. The molecule has 0 radical (unpaired) electrons. The van der Waals surface area contributed by atoms with Crippen molar-refractivity contribution < 1.29 is 5.11 Å². The van der Waals surface area contributed by atoms with Gasteiger partial charge >= 0.3 is 0 Å². The minimum atomic E-state index is 0.282. The van der Waals surface area contributed by atoms with Crippen LogP contribution in [0.1, 0.15) is 6.92 Å². The first-order chi connectivity index (χ1) is 4.72. The molecule has 1 rings (SSSR count). The Hall–Kier alpha value is -1.24. The molecule has 0 aromatic heterocycles. The number of rotatable bonds is 1. The summed E-state index contributed by atoms with van der Waals surface area (Å²) >= 11 is 0. The zero-order valence-electron chi connectivity index (χ0n) is 5.96. The molecule has 0 aromatic rings. The van der Waals surface area contributed by atoms with Crippen LogP contribution in [0.4, 0.5) is 0 Å². The summed E-state index contributed by atoms with van der Waals surface area (Å²) in [6.45, 7) is 5.40. The molecule has 1 N–H and O–H groups in total. The summed E-state index contributed by atoms with van der Waals surface area (Å²) in [5, 5.41) is 9.30.